The van der Waals surface area contributed by atoms with Crippen LogP contribution in [0, 0.1) is 17.3 Å². The van der Waals surface area contributed by atoms with Gasteiger partial charge in [0.05, 0.1) is 0 Å². The summed E-state index contributed by atoms with van der Waals surface area (Å²) in [5.74, 6) is 1.60. The summed E-state index contributed by atoms with van der Waals surface area (Å²) in [5, 5.41) is 0. The Morgan fingerprint density at radius 1 is 1.53 bits per heavy atom. The van der Waals surface area contributed by atoms with E-state index in [1.54, 1.807) is 5.57 Å². The van der Waals surface area contributed by atoms with Gasteiger partial charge >= 0.3 is 0 Å². The van der Waals surface area contributed by atoms with Crippen molar-refractivity contribution < 1.29 is 0 Å². The molecule has 0 spiro atoms. The molecule has 0 aromatic carbocycles. The van der Waals surface area contributed by atoms with Crippen LogP contribution in [0.15, 0.2) is 23.8 Å². The standard InChI is InChI=1S/C15H24/c1-11(2)13-8-9-14-7-5-6-12(3)15(14,4)10-13/h9,12-13H,1,5-8,10H2,2-4H3/t12-,13+,15-/m1/s1. The molecule has 0 heteroatoms. The minimum absolute atomic E-state index is 0.486. The molecule has 84 valence electrons. The van der Waals surface area contributed by atoms with Crippen molar-refractivity contribution in [1.82, 2.24) is 0 Å². The molecule has 0 aromatic heterocycles. The third kappa shape index (κ3) is 1.79. The van der Waals surface area contributed by atoms with E-state index in [0.29, 0.717) is 5.41 Å². The smallest absolute Gasteiger partial charge is 0.00850 e. The van der Waals surface area contributed by atoms with Crippen LogP contribution in [0.25, 0.3) is 0 Å². The average molecular weight is 204 g/mol. The Labute approximate surface area is 94.5 Å². The largest absolute Gasteiger partial charge is 0.0998 e. The second-order valence-electron chi connectivity index (χ2n) is 5.92. The van der Waals surface area contributed by atoms with Crippen molar-refractivity contribution in [2.24, 2.45) is 17.3 Å². The van der Waals surface area contributed by atoms with Gasteiger partial charge in [-0.1, -0.05) is 37.6 Å². The molecule has 1 fully saturated rings. The Morgan fingerprint density at radius 3 is 2.93 bits per heavy atom. The number of fused-ring (bicyclic) bond motifs is 1. The molecular formula is C15H24. The lowest BCUT2D eigenvalue weighted by Crippen LogP contribution is -2.36. The fourth-order valence-corrected chi connectivity index (χ4v) is 3.44. The maximum Gasteiger partial charge on any atom is -0.00850 e. The molecule has 0 nitrogen and oxygen atoms in total. The summed E-state index contributed by atoms with van der Waals surface area (Å²) in [5.41, 5.74) is 3.61. The van der Waals surface area contributed by atoms with Gasteiger partial charge in [0.1, 0.15) is 0 Å². The molecule has 0 heterocycles. The van der Waals surface area contributed by atoms with Crippen LogP contribution in [-0.2, 0) is 0 Å². The van der Waals surface area contributed by atoms with Gasteiger partial charge in [0.2, 0.25) is 0 Å². The van der Waals surface area contributed by atoms with E-state index in [0.717, 1.165) is 11.8 Å². The van der Waals surface area contributed by atoms with Crippen molar-refractivity contribution in [3.05, 3.63) is 23.8 Å². The molecule has 0 amide bonds. The minimum atomic E-state index is 0.486. The van der Waals surface area contributed by atoms with Crippen molar-refractivity contribution in [1.29, 1.82) is 0 Å². The van der Waals surface area contributed by atoms with Gasteiger partial charge in [0, 0.05) is 0 Å². The van der Waals surface area contributed by atoms with Crippen LogP contribution >= 0.6 is 0 Å². The first kappa shape index (κ1) is 11.0. The Hall–Kier alpha value is -0.520. The molecule has 0 saturated heterocycles. The lowest BCUT2D eigenvalue weighted by molar-refractivity contribution is 0.152. The van der Waals surface area contributed by atoms with Crippen LogP contribution in [0.2, 0.25) is 0 Å². The van der Waals surface area contributed by atoms with E-state index in [1.807, 2.05) is 0 Å². The highest BCUT2D eigenvalue weighted by atomic mass is 14.5. The zero-order valence-electron chi connectivity index (χ0n) is 10.5. The second-order valence-corrected chi connectivity index (χ2v) is 5.92. The van der Waals surface area contributed by atoms with E-state index < -0.39 is 0 Å². The Morgan fingerprint density at radius 2 is 2.27 bits per heavy atom. The molecule has 1 saturated carbocycles. The molecule has 0 unspecified atom stereocenters. The lowest BCUT2D eigenvalue weighted by atomic mass is 9.58. The topological polar surface area (TPSA) is 0 Å². The first-order chi connectivity index (χ1) is 7.04. The molecule has 2 aliphatic carbocycles. The van der Waals surface area contributed by atoms with Gasteiger partial charge in [-0.25, -0.2) is 0 Å². The van der Waals surface area contributed by atoms with E-state index in [2.05, 4.69) is 33.4 Å². The summed E-state index contributed by atoms with van der Waals surface area (Å²) in [7, 11) is 0. The first-order valence-electron chi connectivity index (χ1n) is 6.39. The number of hydrogen-bond acceptors (Lipinski definition) is 0. The SMILES string of the molecule is C=C(C)[C@H]1CC=C2CCC[C@@H](C)[C@@]2(C)C1. The van der Waals surface area contributed by atoms with E-state index in [4.69, 9.17) is 0 Å². The maximum atomic E-state index is 4.14. The lowest BCUT2D eigenvalue weighted by Gasteiger charge is -2.47. The third-order valence-corrected chi connectivity index (χ3v) is 4.92. The monoisotopic (exact) mass is 204 g/mol. The number of allylic oxidation sites excluding steroid dienone is 3. The second kappa shape index (κ2) is 3.81. The summed E-state index contributed by atoms with van der Waals surface area (Å²) >= 11 is 0. The van der Waals surface area contributed by atoms with Gasteiger partial charge in [-0.15, -0.1) is 0 Å². The van der Waals surface area contributed by atoms with E-state index in [-0.39, 0.29) is 0 Å². The van der Waals surface area contributed by atoms with Crippen molar-refractivity contribution in [3.8, 4) is 0 Å². The fraction of sp³-hybridized carbons (Fsp3) is 0.733. The van der Waals surface area contributed by atoms with Crippen LogP contribution in [0.3, 0.4) is 0 Å². The highest BCUT2D eigenvalue weighted by molar-refractivity contribution is 5.23. The Kier molecular flexibility index (Phi) is 2.79. The van der Waals surface area contributed by atoms with Gasteiger partial charge in [-0.05, 0) is 56.3 Å². The van der Waals surface area contributed by atoms with E-state index in [1.165, 1.54) is 37.7 Å². The molecule has 3 atom stereocenters. The summed E-state index contributed by atoms with van der Waals surface area (Å²) in [6, 6.07) is 0. The molecular weight excluding hydrogens is 180 g/mol. The van der Waals surface area contributed by atoms with Crippen molar-refractivity contribution in [3.63, 3.8) is 0 Å². The Bertz CT molecular complexity index is 297. The molecule has 0 aliphatic heterocycles. The average Bonchev–Trinajstić information content (AvgIpc) is 2.19. The Balaban J connectivity index is 2.26. The van der Waals surface area contributed by atoms with Crippen LogP contribution in [-0.4, -0.2) is 0 Å². The predicted octanol–water partition coefficient (Wildman–Crippen LogP) is 4.73. The van der Waals surface area contributed by atoms with Crippen LogP contribution < -0.4 is 0 Å². The number of hydrogen-bond donors (Lipinski definition) is 0. The zero-order chi connectivity index (χ0) is 11.1. The molecule has 2 aliphatic rings. The molecule has 0 aromatic rings. The highest BCUT2D eigenvalue weighted by Crippen LogP contribution is 2.52. The van der Waals surface area contributed by atoms with Gasteiger partial charge in [0.15, 0.2) is 0 Å². The molecule has 2 rings (SSSR count). The fourth-order valence-electron chi connectivity index (χ4n) is 3.44. The normalized spacial score (nSPS) is 40.6. The molecule has 15 heavy (non-hydrogen) atoms. The van der Waals surface area contributed by atoms with Crippen molar-refractivity contribution >= 4 is 0 Å². The van der Waals surface area contributed by atoms with E-state index >= 15 is 0 Å². The molecule has 0 N–H and O–H groups in total. The van der Waals surface area contributed by atoms with Gasteiger partial charge in [0.25, 0.3) is 0 Å². The van der Waals surface area contributed by atoms with E-state index in [9.17, 15) is 0 Å². The summed E-state index contributed by atoms with van der Waals surface area (Å²) in [6.45, 7) is 11.3. The summed E-state index contributed by atoms with van der Waals surface area (Å²) in [4.78, 5) is 0. The van der Waals surface area contributed by atoms with Crippen molar-refractivity contribution in [2.45, 2.75) is 52.9 Å². The summed E-state index contributed by atoms with van der Waals surface area (Å²) < 4.78 is 0. The van der Waals surface area contributed by atoms with Crippen molar-refractivity contribution in [2.75, 3.05) is 0 Å². The van der Waals surface area contributed by atoms with Crippen LogP contribution in [0.4, 0.5) is 0 Å². The number of rotatable bonds is 1. The van der Waals surface area contributed by atoms with Gasteiger partial charge in [-0.3, -0.25) is 0 Å². The highest BCUT2D eigenvalue weighted by Gasteiger charge is 2.41. The third-order valence-electron chi connectivity index (χ3n) is 4.92. The minimum Gasteiger partial charge on any atom is -0.0998 e. The zero-order valence-corrected chi connectivity index (χ0v) is 10.5. The predicted molar refractivity (Wildman–Crippen MR) is 66.7 cm³/mol. The summed E-state index contributed by atoms with van der Waals surface area (Å²) in [6.07, 6.45) is 9.28. The molecule has 0 bridgehead atoms. The maximum absolute atomic E-state index is 4.14. The quantitative estimate of drug-likeness (QED) is 0.542. The van der Waals surface area contributed by atoms with Crippen LogP contribution in [0.5, 0.6) is 0 Å². The van der Waals surface area contributed by atoms with Gasteiger partial charge < -0.3 is 0 Å². The van der Waals surface area contributed by atoms with Gasteiger partial charge in [-0.2, -0.15) is 0 Å². The first-order valence-corrected chi connectivity index (χ1v) is 6.39. The van der Waals surface area contributed by atoms with Crippen LogP contribution in [0.1, 0.15) is 52.9 Å². The molecule has 0 radical (unpaired) electrons.